The van der Waals surface area contributed by atoms with Crippen LogP contribution in [0.25, 0.3) is 0 Å². The second-order valence-electron chi connectivity index (χ2n) is 4.18. The number of nitrogens with one attached hydrogen (secondary N) is 1. The quantitative estimate of drug-likeness (QED) is 0.754. The minimum Gasteiger partial charge on any atom is -0.352 e. The average molecular weight is 235 g/mol. The zero-order chi connectivity index (χ0) is 12.5. The van der Waals surface area contributed by atoms with Crippen LogP contribution in [0.15, 0.2) is 24.5 Å². The molecule has 0 saturated heterocycles. The van der Waals surface area contributed by atoms with Crippen molar-refractivity contribution >= 4 is 5.91 Å². The van der Waals surface area contributed by atoms with Crippen molar-refractivity contribution < 1.29 is 4.79 Å². The van der Waals surface area contributed by atoms with Crippen molar-refractivity contribution in [2.75, 3.05) is 13.1 Å². The number of amides is 1. The van der Waals surface area contributed by atoms with Gasteiger partial charge in [-0.3, -0.25) is 9.78 Å². The second-order valence-corrected chi connectivity index (χ2v) is 4.18. The molecular weight excluding hydrogens is 214 g/mol. The van der Waals surface area contributed by atoms with Gasteiger partial charge in [0.15, 0.2) is 0 Å². The maximum absolute atomic E-state index is 11.8. The summed E-state index contributed by atoms with van der Waals surface area (Å²) in [4.78, 5) is 15.7. The van der Waals surface area contributed by atoms with Crippen LogP contribution in [0.5, 0.6) is 0 Å². The van der Waals surface area contributed by atoms with Gasteiger partial charge in [0.25, 0.3) is 5.91 Å². The number of hydrogen-bond acceptors (Lipinski definition) is 3. The summed E-state index contributed by atoms with van der Waals surface area (Å²) in [6.07, 6.45) is 6.41. The maximum atomic E-state index is 11.8. The Bertz CT molecular complexity index is 321. The van der Waals surface area contributed by atoms with Gasteiger partial charge in [0.05, 0.1) is 5.56 Å². The van der Waals surface area contributed by atoms with Crippen molar-refractivity contribution in [1.29, 1.82) is 0 Å². The smallest absolute Gasteiger partial charge is 0.252 e. The van der Waals surface area contributed by atoms with E-state index in [-0.39, 0.29) is 5.91 Å². The first-order valence-corrected chi connectivity index (χ1v) is 6.16. The lowest BCUT2D eigenvalue weighted by atomic mass is 10.00. The summed E-state index contributed by atoms with van der Waals surface area (Å²) in [6.45, 7) is 3.51. The van der Waals surface area contributed by atoms with Crippen LogP contribution < -0.4 is 11.1 Å². The number of nitrogens with zero attached hydrogens (tertiary/aromatic N) is 1. The highest BCUT2D eigenvalue weighted by atomic mass is 16.1. The monoisotopic (exact) mass is 235 g/mol. The van der Waals surface area contributed by atoms with E-state index >= 15 is 0 Å². The van der Waals surface area contributed by atoms with E-state index in [1.54, 1.807) is 24.5 Å². The molecule has 0 aliphatic heterocycles. The van der Waals surface area contributed by atoms with Gasteiger partial charge >= 0.3 is 0 Å². The molecule has 94 valence electrons. The van der Waals surface area contributed by atoms with Crippen LogP contribution in [0.3, 0.4) is 0 Å². The minimum atomic E-state index is -0.0591. The molecule has 0 saturated carbocycles. The molecule has 4 heteroatoms. The molecule has 1 unspecified atom stereocenters. The van der Waals surface area contributed by atoms with Gasteiger partial charge in [-0.05, 0) is 37.4 Å². The van der Waals surface area contributed by atoms with Gasteiger partial charge < -0.3 is 11.1 Å². The van der Waals surface area contributed by atoms with Gasteiger partial charge in [0, 0.05) is 18.9 Å². The van der Waals surface area contributed by atoms with Gasteiger partial charge in [0.1, 0.15) is 0 Å². The van der Waals surface area contributed by atoms with E-state index in [0.29, 0.717) is 24.6 Å². The predicted octanol–water partition coefficient (Wildman–Crippen LogP) is 1.58. The van der Waals surface area contributed by atoms with Gasteiger partial charge in [0.2, 0.25) is 0 Å². The number of carbonyl (C=O) groups is 1. The fourth-order valence-corrected chi connectivity index (χ4v) is 1.83. The Balaban J connectivity index is 2.41. The van der Waals surface area contributed by atoms with E-state index in [1.807, 2.05) is 0 Å². The molecule has 0 aliphatic carbocycles. The Morgan fingerprint density at radius 1 is 1.53 bits per heavy atom. The first kappa shape index (κ1) is 13.6. The first-order chi connectivity index (χ1) is 8.27. The van der Waals surface area contributed by atoms with Crippen molar-refractivity contribution in [1.82, 2.24) is 10.3 Å². The molecule has 17 heavy (non-hydrogen) atoms. The Hall–Kier alpha value is -1.42. The summed E-state index contributed by atoms with van der Waals surface area (Å²) >= 11 is 0. The number of pyridine rings is 1. The molecule has 0 fully saturated rings. The van der Waals surface area contributed by atoms with Crippen LogP contribution in [0.1, 0.15) is 36.5 Å². The molecular formula is C13H21N3O. The lowest BCUT2D eigenvalue weighted by Crippen LogP contribution is -2.30. The summed E-state index contributed by atoms with van der Waals surface area (Å²) in [7, 11) is 0. The lowest BCUT2D eigenvalue weighted by Gasteiger charge is -2.15. The van der Waals surface area contributed by atoms with Crippen molar-refractivity contribution in [2.24, 2.45) is 11.7 Å². The van der Waals surface area contributed by atoms with Crippen molar-refractivity contribution in [3.05, 3.63) is 30.1 Å². The SMILES string of the molecule is CCCC(CCN)CNC(=O)c1cccnc1. The summed E-state index contributed by atoms with van der Waals surface area (Å²) < 4.78 is 0. The van der Waals surface area contributed by atoms with E-state index in [0.717, 1.165) is 19.3 Å². The molecule has 1 atom stereocenters. The molecule has 1 aromatic rings. The molecule has 0 radical (unpaired) electrons. The Morgan fingerprint density at radius 3 is 2.94 bits per heavy atom. The fourth-order valence-electron chi connectivity index (χ4n) is 1.83. The van der Waals surface area contributed by atoms with E-state index in [2.05, 4.69) is 17.2 Å². The Labute approximate surface area is 103 Å². The number of carbonyl (C=O) groups excluding carboxylic acids is 1. The summed E-state index contributed by atoms with van der Waals surface area (Å²) in [6, 6.07) is 3.53. The molecule has 0 aliphatic rings. The Morgan fingerprint density at radius 2 is 2.35 bits per heavy atom. The lowest BCUT2D eigenvalue weighted by molar-refractivity contribution is 0.0945. The standard InChI is InChI=1S/C13H21N3O/c1-2-4-11(6-7-14)9-16-13(17)12-5-3-8-15-10-12/h3,5,8,10-11H,2,4,6-7,9,14H2,1H3,(H,16,17). The Kier molecular flexibility index (Phi) is 6.25. The molecule has 0 bridgehead atoms. The van der Waals surface area contributed by atoms with Crippen LogP contribution in [0.4, 0.5) is 0 Å². The number of rotatable bonds is 7. The van der Waals surface area contributed by atoms with Crippen LogP contribution in [0.2, 0.25) is 0 Å². The van der Waals surface area contributed by atoms with Crippen LogP contribution >= 0.6 is 0 Å². The molecule has 1 heterocycles. The highest BCUT2D eigenvalue weighted by Gasteiger charge is 2.10. The van der Waals surface area contributed by atoms with Gasteiger partial charge in [-0.2, -0.15) is 0 Å². The predicted molar refractivity (Wildman–Crippen MR) is 68.6 cm³/mol. The maximum Gasteiger partial charge on any atom is 0.252 e. The summed E-state index contributed by atoms with van der Waals surface area (Å²) in [5.74, 6) is 0.418. The van der Waals surface area contributed by atoms with E-state index in [1.165, 1.54) is 0 Å². The molecule has 1 rings (SSSR count). The van der Waals surface area contributed by atoms with Gasteiger partial charge in [-0.25, -0.2) is 0 Å². The van der Waals surface area contributed by atoms with Crippen molar-refractivity contribution in [3.63, 3.8) is 0 Å². The molecule has 0 spiro atoms. The molecule has 1 aromatic heterocycles. The van der Waals surface area contributed by atoms with Crippen LogP contribution in [-0.4, -0.2) is 24.0 Å². The van der Waals surface area contributed by atoms with Crippen molar-refractivity contribution in [3.8, 4) is 0 Å². The largest absolute Gasteiger partial charge is 0.352 e. The third kappa shape index (κ3) is 4.95. The van der Waals surface area contributed by atoms with E-state index < -0.39 is 0 Å². The van der Waals surface area contributed by atoms with Crippen molar-refractivity contribution in [2.45, 2.75) is 26.2 Å². The second kappa shape index (κ2) is 7.79. The van der Waals surface area contributed by atoms with Gasteiger partial charge in [-0.15, -0.1) is 0 Å². The molecule has 4 nitrogen and oxygen atoms in total. The average Bonchev–Trinajstić information content (AvgIpc) is 2.37. The summed E-state index contributed by atoms with van der Waals surface area (Å²) in [5, 5.41) is 2.93. The number of hydrogen-bond donors (Lipinski definition) is 2. The zero-order valence-corrected chi connectivity index (χ0v) is 10.4. The molecule has 1 amide bonds. The normalized spacial score (nSPS) is 12.1. The molecule has 3 N–H and O–H groups in total. The van der Waals surface area contributed by atoms with Crippen LogP contribution in [-0.2, 0) is 0 Å². The molecule has 0 aromatic carbocycles. The topological polar surface area (TPSA) is 68.0 Å². The fraction of sp³-hybridized carbons (Fsp3) is 0.538. The summed E-state index contributed by atoms with van der Waals surface area (Å²) in [5.41, 5.74) is 6.16. The minimum absolute atomic E-state index is 0.0591. The first-order valence-electron chi connectivity index (χ1n) is 6.16. The number of aromatic nitrogens is 1. The third-order valence-corrected chi connectivity index (χ3v) is 2.75. The van der Waals surface area contributed by atoms with E-state index in [4.69, 9.17) is 5.73 Å². The van der Waals surface area contributed by atoms with E-state index in [9.17, 15) is 4.79 Å². The third-order valence-electron chi connectivity index (χ3n) is 2.75. The van der Waals surface area contributed by atoms with Crippen LogP contribution in [0, 0.1) is 5.92 Å². The highest BCUT2D eigenvalue weighted by Crippen LogP contribution is 2.09. The zero-order valence-electron chi connectivity index (χ0n) is 10.4. The highest BCUT2D eigenvalue weighted by molar-refractivity contribution is 5.93. The van der Waals surface area contributed by atoms with Gasteiger partial charge in [-0.1, -0.05) is 13.3 Å². The number of nitrogens with two attached hydrogens (primary N) is 1.